The van der Waals surface area contributed by atoms with Crippen LogP contribution < -0.4 is 5.32 Å². The van der Waals surface area contributed by atoms with Gasteiger partial charge in [-0.25, -0.2) is 4.79 Å². The van der Waals surface area contributed by atoms with Crippen molar-refractivity contribution in [3.8, 4) is 0 Å². The van der Waals surface area contributed by atoms with Crippen LogP contribution in [-0.4, -0.2) is 28.1 Å². The lowest BCUT2D eigenvalue weighted by Gasteiger charge is -2.19. The van der Waals surface area contributed by atoms with Crippen LogP contribution in [0.2, 0.25) is 0 Å². The van der Waals surface area contributed by atoms with Crippen molar-refractivity contribution in [2.24, 2.45) is 0 Å². The lowest BCUT2D eigenvalue weighted by atomic mass is 10.2. The molecule has 0 radical (unpaired) electrons. The molecule has 7 nitrogen and oxygen atoms in total. The molecule has 0 saturated heterocycles. The fourth-order valence-corrected chi connectivity index (χ4v) is 1.34. The van der Waals surface area contributed by atoms with Crippen LogP contribution in [0.25, 0.3) is 0 Å². The first-order chi connectivity index (χ1) is 8.78. The third kappa shape index (κ3) is 5.80. The number of hydrogen-bond acceptors (Lipinski definition) is 5. The van der Waals surface area contributed by atoms with Gasteiger partial charge in [-0.05, 0) is 48.7 Å². The third-order valence-corrected chi connectivity index (χ3v) is 2.08. The van der Waals surface area contributed by atoms with Gasteiger partial charge in [-0.15, -0.1) is 0 Å². The van der Waals surface area contributed by atoms with Crippen molar-refractivity contribution >= 4 is 11.9 Å². The topological polar surface area (TPSA) is 94.4 Å². The molecule has 0 aromatic carbocycles. The molecule has 0 aliphatic carbocycles. The summed E-state index contributed by atoms with van der Waals surface area (Å²) in [5, 5.41) is 13.1. The van der Waals surface area contributed by atoms with E-state index in [4.69, 9.17) is 4.74 Å². The maximum Gasteiger partial charge on any atom is 0.407 e. The highest BCUT2D eigenvalue weighted by Gasteiger charge is 2.15. The largest absolute Gasteiger partial charge is 0.444 e. The zero-order chi connectivity index (χ0) is 14.5. The Morgan fingerprint density at radius 3 is 2.79 bits per heavy atom. The number of nitrogens with one attached hydrogen (secondary N) is 1. The minimum Gasteiger partial charge on any atom is -0.444 e. The minimum atomic E-state index is -0.551. The lowest BCUT2D eigenvalue weighted by molar-refractivity contribution is -0.389. The first-order valence-electron chi connectivity index (χ1n) is 5.84. The van der Waals surface area contributed by atoms with Crippen molar-refractivity contribution in [2.75, 3.05) is 6.54 Å². The van der Waals surface area contributed by atoms with Crippen molar-refractivity contribution in [1.29, 1.82) is 0 Å². The van der Waals surface area contributed by atoms with Crippen LogP contribution in [0, 0.1) is 10.1 Å². The van der Waals surface area contributed by atoms with Gasteiger partial charge in [-0.1, -0.05) is 0 Å². The Bertz CT molecular complexity index is 468. The van der Waals surface area contributed by atoms with Crippen molar-refractivity contribution in [1.82, 2.24) is 10.3 Å². The normalized spacial score (nSPS) is 10.9. The summed E-state index contributed by atoms with van der Waals surface area (Å²) in [6.07, 6.45) is 1.35. The minimum absolute atomic E-state index is 0.199. The number of nitrogens with zero attached hydrogens (tertiary/aromatic N) is 2. The van der Waals surface area contributed by atoms with E-state index in [1.165, 1.54) is 12.3 Å². The highest BCUT2D eigenvalue weighted by atomic mass is 16.6. The van der Waals surface area contributed by atoms with Crippen LogP contribution in [0.3, 0.4) is 0 Å². The Morgan fingerprint density at radius 2 is 2.21 bits per heavy atom. The van der Waals surface area contributed by atoms with Gasteiger partial charge in [0.2, 0.25) is 0 Å². The summed E-state index contributed by atoms with van der Waals surface area (Å²) in [6, 6.07) is 3.06. The second-order valence-electron chi connectivity index (χ2n) is 4.96. The molecule has 0 unspecified atom stereocenters. The Hall–Kier alpha value is -2.18. The predicted molar refractivity (Wildman–Crippen MR) is 68.8 cm³/mol. The Kier molecular flexibility index (Phi) is 4.80. The van der Waals surface area contributed by atoms with E-state index in [1.54, 1.807) is 26.8 Å². The summed E-state index contributed by atoms with van der Waals surface area (Å²) in [7, 11) is 0. The number of alkyl carbamates (subject to hydrolysis) is 1. The molecular weight excluding hydrogens is 250 g/mol. The first-order valence-corrected chi connectivity index (χ1v) is 5.84. The number of hydrogen-bond donors (Lipinski definition) is 1. The summed E-state index contributed by atoms with van der Waals surface area (Å²) in [5.74, 6) is -0.199. The monoisotopic (exact) mass is 267 g/mol. The zero-order valence-electron chi connectivity index (χ0n) is 11.2. The van der Waals surface area contributed by atoms with Gasteiger partial charge in [0.15, 0.2) is 0 Å². The molecule has 0 aliphatic rings. The molecule has 1 N–H and O–H groups in total. The maximum atomic E-state index is 11.4. The highest BCUT2D eigenvalue weighted by Crippen LogP contribution is 2.10. The molecule has 0 fully saturated rings. The van der Waals surface area contributed by atoms with Gasteiger partial charge in [0.05, 0.1) is 0 Å². The molecule has 1 rings (SSSR count). The van der Waals surface area contributed by atoms with Crippen LogP contribution in [0.4, 0.5) is 10.6 Å². The number of carbonyl (C=O) groups excluding carboxylic acids is 1. The molecule has 1 aromatic rings. The van der Waals surface area contributed by atoms with E-state index in [-0.39, 0.29) is 5.82 Å². The van der Waals surface area contributed by atoms with Gasteiger partial charge in [-0.2, -0.15) is 0 Å². The van der Waals surface area contributed by atoms with Gasteiger partial charge in [0, 0.05) is 12.6 Å². The van der Waals surface area contributed by atoms with Crippen LogP contribution in [0.1, 0.15) is 26.3 Å². The molecule has 19 heavy (non-hydrogen) atoms. The summed E-state index contributed by atoms with van der Waals surface area (Å²) in [6.45, 7) is 5.67. The Balaban J connectivity index is 2.43. The van der Waals surface area contributed by atoms with Gasteiger partial charge in [-0.3, -0.25) is 0 Å². The third-order valence-electron chi connectivity index (χ3n) is 2.08. The molecule has 1 aromatic heterocycles. The summed E-state index contributed by atoms with van der Waals surface area (Å²) >= 11 is 0. The Morgan fingerprint density at radius 1 is 1.53 bits per heavy atom. The van der Waals surface area contributed by atoms with Crippen LogP contribution in [-0.2, 0) is 11.2 Å². The molecule has 1 heterocycles. The molecule has 0 saturated carbocycles. The Labute approximate surface area is 111 Å². The number of aromatic nitrogens is 1. The molecule has 0 bridgehead atoms. The van der Waals surface area contributed by atoms with E-state index in [0.29, 0.717) is 13.0 Å². The zero-order valence-corrected chi connectivity index (χ0v) is 11.2. The maximum absolute atomic E-state index is 11.4. The number of rotatable bonds is 4. The first kappa shape index (κ1) is 14.9. The van der Waals surface area contributed by atoms with E-state index in [0.717, 1.165) is 5.56 Å². The smallest absolute Gasteiger partial charge is 0.407 e. The van der Waals surface area contributed by atoms with Crippen LogP contribution in [0.5, 0.6) is 0 Å². The van der Waals surface area contributed by atoms with Gasteiger partial charge >= 0.3 is 11.9 Å². The number of pyridine rings is 1. The van der Waals surface area contributed by atoms with E-state index in [2.05, 4.69) is 10.3 Å². The highest BCUT2D eigenvalue weighted by molar-refractivity contribution is 5.67. The summed E-state index contributed by atoms with van der Waals surface area (Å²) < 4.78 is 5.07. The van der Waals surface area contributed by atoms with Crippen molar-refractivity contribution in [3.63, 3.8) is 0 Å². The van der Waals surface area contributed by atoms with Gasteiger partial charge in [0.25, 0.3) is 0 Å². The second-order valence-corrected chi connectivity index (χ2v) is 4.96. The quantitative estimate of drug-likeness (QED) is 0.665. The fourth-order valence-electron chi connectivity index (χ4n) is 1.34. The van der Waals surface area contributed by atoms with Gasteiger partial charge < -0.3 is 20.2 Å². The van der Waals surface area contributed by atoms with Crippen molar-refractivity contribution in [2.45, 2.75) is 32.8 Å². The molecule has 0 atom stereocenters. The van der Waals surface area contributed by atoms with E-state index in [9.17, 15) is 14.9 Å². The predicted octanol–water partition coefficient (Wildman–Crippen LogP) is 2.06. The summed E-state index contributed by atoms with van der Waals surface area (Å²) in [5.41, 5.74) is 0.192. The van der Waals surface area contributed by atoms with Gasteiger partial charge in [0.1, 0.15) is 11.8 Å². The number of nitro groups is 1. The fraction of sp³-hybridized carbons (Fsp3) is 0.500. The average molecular weight is 267 g/mol. The number of amides is 1. The van der Waals surface area contributed by atoms with Crippen LogP contribution in [0.15, 0.2) is 18.3 Å². The van der Waals surface area contributed by atoms with E-state index in [1.807, 2.05) is 0 Å². The average Bonchev–Trinajstić information content (AvgIpc) is 2.27. The standard InChI is InChI=1S/C12H17N3O4/c1-12(2,3)19-11(16)14-7-5-9-4-6-13-10(8-9)15(17)18/h4,6,8H,5,7H2,1-3H3,(H,14,16). The molecule has 0 aliphatic heterocycles. The number of ether oxygens (including phenoxy) is 1. The molecule has 7 heteroatoms. The molecule has 1 amide bonds. The molecule has 104 valence electrons. The van der Waals surface area contributed by atoms with Crippen molar-refractivity contribution < 1.29 is 14.5 Å². The van der Waals surface area contributed by atoms with Crippen molar-refractivity contribution in [3.05, 3.63) is 34.0 Å². The summed E-state index contributed by atoms with van der Waals surface area (Å²) in [4.78, 5) is 25.0. The second kappa shape index (κ2) is 6.12. The van der Waals surface area contributed by atoms with Crippen LogP contribution >= 0.6 is 0 Å². The lowest BCUT2D eigenvalue weighted by Crippen LogP contribution is -2.33. The van der Waals surface area contributed by atoms with E-state index < -0.39 is 16.6 Å². The number of carbonyl (C=O) groups is 1. The van der Waals surface area contributed by atoms with E-state index >= 15 is 0 Å². The SMILES string of the molecule is CC(C)(C)OC(=O)NCCc1ccnc([N+](=O)[O-])c1. The molecule has 0 spiro atoms. The molecular formula is C12H17N3O4.